The molecule has 1 rings (SSSR count). The Kier molecular flexibility index (Phi) is 5.50. The molecular weight excluding hydrogens is 276 g/mol. The maximum atomic E-state index is 11.2. The predicted molar refractivity (Wildman–Crippen MR) is 65.9 cm³/mol. The molecule has 0 atom stereocenters. The summed E-state index contributed by atoms with van der Waals surface area (Å²) in [6, 6.07) is 9.82. The van der Waals surface area contributed by atoms with Gasteiger partial charge in [-0.2, -0.15) is 0 Å². The molecule has 0 aliphatic heterocycles. The van der Waals surface area contributed by atoms with E-state index in [0.717, 1.165) is 4.90 Å². The van der Waals surface area contributed by atoms with Crippen LogP contribution < -0.4 is 0 Å². The number of thioether (sulfide) groups is 1. The predicted octanol–water partition coefficient (Wildman–Crippen LogP) is 3.58. The Labute approximate surface area is 102 Å². The molecule has 80 valence electrons. The van der Waals surface area contributed by atoms with Crippen molar-refractivity contribution in [3.8, 4) is 0 Å². The van der Waals surface area contributed by atoms with E-state index in [1.807, 2.05) is 30.3 Å². The van der Waals surface area contributed by atoms with Crippen molar-refractivity contribution in [1.82, 2.24) is 0 Å². The number of benzene rings is 1. The fourth-order valence-corrected chi connectivity index (χ4v) is 1.91. The first-order valence-electron chi connectivity index (χ1n) is 4.48. The molecule has 0 fully saturated rings. The van der Waals surface area contributed by atoms with Crippen LogP contribution >= 0.6 is 27.7 Å². The Balaban J connectivity index is 2.54. The van der Waals surface area contributed by atoms with E-state index in [9.17, 15) is 4.79 Å². The summed E-state index contributed by atoms with van der Waals surface area (Å²) < 4.78 is 5.27. The van der Waals surface area contributed by atoms with Gasteiger partial charge in [0.1, 0.15) is 4.48 Å². The van der Waals surface area contributed by atoms with Crippen LogP contribution in [0.15, 0.2) is 45.1 Å². The Hall–Kier alpha value is -0.740. The molecule has 0 aromatic heterocycles. The average molecular weight is 287 g/mol. The third kappa shape index (κ3) is 4.53. The van der Waals surface area contributed by atoms with Crippen LogP contribution in [0.3, 0.4) is 0 Å². The highest BCUT2D eigenvalue weighted by Crippen LogP contribution is 2.22. The van der Waals surface area contributed by atoms with Crippen molar-refractivity contribution in [1.29, 1.82) is 0 Å². The smallest absolute Gasteiger partial charge is 0.345 e. The van der Waals surface area contributed by atoms with E-state index in [2.05, 4.69) is 15.9 Å². The van der Waals surface area contributed by atoms with E-state index in [4.69, 9.17) is 4.74 Å². The van der Waals surface area contributed by atoms with Crippen molar-refractivity contribution in [2.75, 3.05) is 6.61 Å². The van der Waals surface area contributed by atoms with Gasteiger partial charge in [0.25, 0.3) is 0 Å². The fraction of sp³-hybridized carbons (Fsp3) is 0.182. The van der Waals surface area contributed by atoms with Crippen LogP contribution in [0.2, 0.25) is 0 Å². The number of hydrogen-bond donors (Lipinski definition) is 0. The molecule has 0 amide bonds. The van der Waals surface area contributed by atoms with Gasteiger partial charge in [0.05, 0.1) is 6.61 Å². The molecule has 0 unspecified atom stereocenters. The van der Waals surface area contributed by atoms with Gasteiger partial charge in [-0.25, -0.2) is 4.79 Å². The van der Waals surface area contributed by atoms with Gasteiger partial charge in [0.2, 0.25) is 0 Å². The number of hydrogen-bond acceptors (Lipinski definition) is 3. The van der Waals surface area contributed by atoms with Crippen LogP contribution in [0.1, 0.15) is 6.92 Å². The Morgan fingerprint density at radius 2 is 2.13 bits per heavy atom. The van der Waals surface area contributed by atoms with Gasteiger partial charge in [-0.15, -0.1) is 0 Å². The van der Waals surface area contributed by atoms with Gasteiger partial charge < -0.3 is 4.74 Å². The standard InChI is InChI=1S/C11H11BrO2S/c1-2-14-11(13)10(12)8-15-9-6-4-3-5-7-9/h3-8H,2H2,1H3. The van der Waals surface area contributed by atoms with E-state index in [0.29, 0.717) is 11.1 Å². The second kappa shape index (κ2) is 6.69. The highest BCUT2D eigenvalue weighted by Gasteiger charge is 2.05. The number of halogens is 1. The number of ether oxygens (including phenoxy) is 1. The minimum absolute atomic E-state index is 0.332. The van der Waals surface area contributed by atoms with E-state index in [1.165, 1.54) is 11.8 Å². The van der Waals surface area contributed by atoms with Crippen LogP contribution in [0.5, 0.6) is 0 Å². The van der Waals surface area contributed by atoms with Crippen molar-refractivity contribution < 1.29 is 9.53 Å². The molecule has 0 saturated heterocycles. The highest BCUT2D eigenvalue weighted by atomic mass is 79.9. The summed E-state index contributed by atoms with van der Waals surface area (Å²) in [5, 5.41) is 1.73. The van der Waals surface area contributed by atoms with E-state index >= 15 is 0 Å². The minimum Gasteiger partial charge on any atom is -0.462 e. The van der Waals surface area contributed by atoms with E-state index in [1.54, 1.807) is 12.3 Å². The second-order valence-electron chi connectivity index (χ2n) is 2.62. The first kappa shape index (κ1) is 12.3. The number of carbonyl (C=O) groups is 1. The van der Waals surface area contributed by atoms with Crippen LogP contribution in [0.25, 0.3) is 0 Å². The Morgan fingerprint density at radius 3 is 2.73 bits per heavy atom. The Bertz CT molecular complexity index is 349. The van der Waals surface area contributed by atoms with Crippen molar-refractivity contribution in [3.63, 3.8) is 0 Å². The zero-order valence-corrected chi connectivity index (χ0v) is 10.7. The quantitative estimate of drug-likeness (QED) is 0.481. The van der Waals surface area contributed by atoms with Gasteiger partial charge in [0, 0.05) is 4.90 Å². The van der Waals surface area contributed by atoms with Crippen molar-refractivity contribution >= 4 is 33.7 Å². The van der Waals surface area contributed by atoms with Gasteiger partial charge in [-0.1, -0.05) is 30.0 Å². The molecule has 0 bridgehead atoms. The molecule has 1 aromatic carbocycles. The van der Waals surface area contributed by atoms with Crippen molar-refractivity contribution in [2.24, 2.45) is 0 Å². The summed E-state index contributed by atoms with van der Waals surface area (Å²) in [5.74, 6) is -0.332. The van der Waals surface area contributed by atoms with Crippen LogP contribution in [0.4, 0.5) is 0 Å². The maximum Gasteiger partial charge on any atom is 0.345 e. The summed E-state index contributed by atoms with van der Waals surface area (Å²) in [4.78, 5) is 12.3. The first-order valence-corrected chi connectivity index (χ1v) is 6.15. The van der Waals surface area contributed by atoms with E-state index in [-0.39, 0.29) is 5.97 Å². The molecule has 0 radical (unpaired) electrons. The summed E-state index contributed by atoms with van der Waals surface area (Å²) in [6.07, 6.45) is 0. The molecule has 0 spiro atoms. The van der Waals surface area contributed by atoms with Crippen LogP contribution in [-0.4, -0.2) is 12.6 Å². The molecule has 0 aliphatic rings. The third-order valence-corrected chi connectivity index (χ3v) is 3.27. The molecule has 1 aromatic rings. The largest absolute Gasteiger partial charge is 0.462 e. The van der Waals surface area contributed by atoms with Gasteiger partial charge >= 0.3 is 5.97 Å². The van der Waals surface area contributed by atoms with Crippen LogP contribution in [-0.2, 0) is 9.53 Å². The topological polar surface area (TPSA) is 26.3 Å². The summed E-state index contributed by atoms with van der Waals surface area (Å²) in [6.45, 7) is 2.17. The summed E-state index contributed by atoms with van der Waals surface area (Å²) in [5.41, 5.74) is 0. The normalized spacial score (nSPS) is 11.2. The van der Waals surface area contributed by atoms with Gasteiger partial charge in [0.15, 0.2) is 0 Å². The van der Waals surface area contributed by atoms with Gasteiger partial charge in [-0.05, 0) is 40.4 Å². The molecule has 0 N–H and O–H groups in total. The van der Waals surface area contributed by atoms with Gasteiger partial charge in [-0.3, -0.25) is 0 Å². The highest BCUT2D eigenvalue weighted by molar-refractivity contribution is 9.12. The zero-order valence-electron chi connectivity index (χ0n) is 8.27. The first-order chi connectivity index (χ1) is 7.24. The number of rotatable bonds is 4. The second-order valence-corrected chi connectivity index (χ2v) is 4.41. The number of esters is 1. The maximum absolute atomic E-state index is 11.2. The fourth-order valence-electron chi connectivity index (χ4n) is 0.867. The SMILES string of the molecule is CCOC(=O)C(Br)=CSc1ccccc1. The molecule has 15 heavy (non-hydrogen) atoms. The monoisotopic (exact) mass is 286 g/mol. The molecule has 0 aliphatic carbocycles. The van der Waals surface area contributed by atoms with Crippen molar-refractivity contribution in [3.05, 3.63) is 40.2 Å². The lowest BCUT2D eigenvalue weighted by molar-refractivity contribution is -0.137. The zero-order chi connectivity index (χ0) is 11.1. The lowest BCUT2D eigenvalue weighted by atomic mass is 10.4. The lowest BCUT2D eigenvalue weighted by Crippen LogP contribution is -2.02. The molecular formula is C11H11BrO2S. The van der Waals surface area contributed by atoms with Crippen molar-refractivity contribution in [2.45, 2.75) is 11.8 Å². The lowest BCUT2D eigenvalue weighted by Gasteiger charge is -1.99. The van der Waals surface area contributed by atoms with Crippen LogP contribution in [0, 0.1) is 0 Å². The van der Waals surface area contributed by atoms with E-state index < -0.39 is 0 Å². The molecule has 0 saturated carbocycles. The molecule has 0 heterocycles. The average Bonchev–Trinajstić information content (AvgIpc) is 2.27. The third-order valence-electron chi connectivity index (χ3n) is 1.51. The summed E-state index contributed by atoms with van der Waals surface area (Å²) in [7, 11) is 0. The Morgan fingerprint density at radius 1 is 1.47 bits per heavy atom. The molecule has 2 nitrogen and oxygen atoms in total. The molecule has 4 heteroatoms. The summed E-state index contributed by atoms with van der Waals surface area (Å²) >= 11 is 4.64. The minimum atomic E-state index is -0.332. The number of carbonyl (C=O) groups excluding carboxylic acids is 1.